The predicted octanol–water partition coefficient (Wildman–Crippen LogP) is -5.54. The molecule has 0 aromatic carbocycles. The summed E-state index contributed by atoms with van der Waals surface area (Å²) in [6.07, 6.45) is 10.0. The molecule has 0 rings (SSSR count). The molecule has 0 atom stereocenters. The van der Waals surface area contributed by atoms with Gasteiger partial charge in [0.1, 0.15) is 0 Å². The molecule has 0 aliphatic rings. The Hall–Kier alpha value is 0.675. The molecular formula is C8H16Li2N2. The summed E-state index contributed by atoms with van der Waals surface area (Å²) in [4.78, 5) is 2.31. The topological polar surface area (TPSA) is 29.3 Å². The Morgan fingerprint density at radius 3 is 1.50 bits per heavy atom. The van der Waals surface area contributed by atoms with Crippen LogP contribution in [-0.2, 0) is 0 Å². The molecule has 60 valence electrons. The van der Waals surface area contributed by atoms with Crippen LogP contribution in [0.2, 0.25) is 0 Å². The number of rotatable bonds is 4. The van der Waals surface area contributed by atoms with Crippen LogP contribution in [0.3, 0.4) is 0 Å². The number of hydrogen-bond donors (Lipinski definition) is 1. The number of hydrogen-bond acceptors (Lipinski definition) is 2. The summed E-state index contributed by atoms with van der Waals surface area (Å²) >= 11 is 0. The summed E-state index contributed by atoms with van der Waals surface area (Å²) in [5, 5.41) is 0. The molecule has 0 fully saturated rings. The Labute approximate surface area is 101 Å². The molecule has 0 aromatic heterocycles. The molecule has 0 spiro atoms. The normalized spacial score (nSPS) is 7.17. The molecule has 0 saturated heterocycles. The van der Waals surface area contributed by atoms with E-state index >= 15 is 0 Å². The Kier molecular flexibility index (Phi) is 43.2. The Morgan fingerprint density at radius 1 is 1.08 bits per heavy atom. The van der Waals surface area contributed by atoms with Gasteiger partial charge in [0.25, 0.3) is 0 Å². The van der Waals surface area contributed by atoms with Gasteiger partial charge >= 0.3 is 37.7 Å². The fraction of sp³-hybridized carbons (Fsp3) is 0.750. The molecule has 2 N–H and O–H groups in total. The molecular weight excluding hydrogens is 138 g/mol. The van der Waals surface area contributed by atoms with Gasteiger partial charge in [0, 0.05) is 13.1 Å². The van der Waals surface area contributed by atoms with Gasteiger partial charge in [-0.3, -0.25) is 0 Å². The van der Waals surface area contributed by atoms with Gasteiger partial charge in [0.2, 0.25) is 0 Å². The molecule has 0 amide bonds. The van der Waals surface area contributed by atoms with Crippen LogP contribution < -0.4 is 43.5 Å². The number of nitrogens with zero attached hydrogens (tertiary/aromatic N) is 1. The first-order valence-electron chi connectivity index (χ1n) is 3.52. The number of likely N-dealkylation sites (N-methyl/N-ethyl adjacent to an activating group) is 1. The molecule has 0 bridgehead atoms. The van der Waals surface area contributed by atoms with Crippen LogP contribution >= 0.6 is 0 Å². The van der Waals surface area contributed by atoms with E-state index in [1.807, 2.05) is 0 Å². The third-order valence-electron chi connectivity index (χ3n) is 1.34. The quantitative estimate of drug-likeness (QED) is 0.248. The van der Waals surface area contributed by atoms with E-state index in [2.05, 4.69) is 18.7 Å². The van der Waals surface area contributed by atoms with Crippen molar-refractivity contribution in [1.82, 2.24) is 4.90 Å². The zero-order valence-electron chi connectivity index (χ0n) is 8.85. The first kappa shape index (κ1) is 23.0. The average Bonchev–Trinajstić information content (AvgIpc) is 2.04. The van der Waals surface area contributed by atoms with Crippen LogP contribution in [0.15, 0.2) is 0 Å². The van der Waals surface area contributed by atoms with E-state index in [1.165, 1.54) is 0 Å². The van der Waals surface area contributed by atoms with Crippen LogP contribution in [0.4, 0.5) is 0 Å². The minimum absolute atomic E-state index is 0. The van der Waals surface area contributed by atoms with Crippen molar-refractivity contribution >= 4 is 0 Å². The van der Waals surface area contributed by atoms with Crippen LogP contribution in [0, 0.1) is 12.8 Å². The first-order chi connectivity index (χ1) is 4.85. The van der Waals surface area contributed by atoms with E-state index in [4.69, 9.17) is 18.6 Å². The summed E-state index contributed by atoms with van der Waals surface area (Å²) in [7, 11) is 0. The summed E-state index contributed by atoms with van der Waals surface area (Å²) in [6.45, 7) is 8.36. The van der Waals surface area contributed by atoms with E-state index in [-0.39, 0.29) is 37.7 Å². The van der Waals surface area contributed by atoms with Crippen LogP contribution in [-0.4, -0.2) is 31.1 Å². The van der Waals surface area contributed by atoms with E-state index in [9.17, 15) is 0 Å². The van der Waals surface area contributed by atoms with Gasteiger partial charge in [-0.15, -0.1) is 0 Å². The van der Waals surface area contributed by atoms with Crippen molar-refractivity contribution in [1.29, 1.82) is 0 Å². The van der Waals surface area contributed by atoms with Crippen LogP contribution in [0.1, 0.15) is 13.8 Å². The van der Waals surface area contributed by atoms with Crippen molar-refractivity contribution in [2.45, 2.75) is 13.8 Å². The second-order valence-electron chi connectivity index (χ2n) is 1.82. The Bertz CT molecular complexity index is 72.7. The van der Waals surface area contributed by atoms with Crippen molar-refractivity contribution < 1.29 is 37.7 Å². The van der Waals surface area contributed by atoms with E-state index < -0.39 is 0 Å². The largest absolute Gasteiger partial charge is 1.00 e. The van der Waals surface area contributed by atoms with Gasteiger partial charge in [-0.2, -0.15) is 0 Å². The van der Waals surface area contributed by atoms with Gasteiger partial charge in [0.15, 0.2) is 0 Å². The van der Waals surface area contributed by atoms with Crippen molar-refractivity contribution in [2.75, 3.05) is 26.2 Å². The minimum Gasteiger partial charge on any atom is -1.00 e. The minimum atomic E-state index is 0. The van der Waals surface area contributed by atoms with Gasteiger partial charge in [-0.1, -0.05) is 13.8 Å². The maximum atomic E-state index is 5.34. The molecule has 0 aliphatic heterocycles. The summed E-state index contributed by atoms with van der Waals surface area (Å²) in [6, 6.07) is 0. The van der Waals surface area contributed by atoms with Gasteiger partial charge in [0.05, 0.1) is 0 Å². The third kappa shape index (κ3) is 17.0. The predicted molar refractivity (Wildman–Crippen MR) is 43.3 cm³/mol. The van der Waals surface area contributed by atoms with Crippen molar-refractivity contribution in [3.63, 3.8) is 0 Å². The second-order valence-corrected chi connectivity index (χ2v) is 1.82. The molecule has 0 radical (unpaired) electrons. The summed E-state index contributed by atoms with van der Waals surface area (Å²) in [5.74, 6) is 0. The fourth-order valence-corrected chi connectivity index (χ4v) is 0.722. The molecule has 0 aromatic rings. The first-order valence-corrected chi connectivity index (χ1v) is 3.52. The maximum Gasteiger partial charge on any atom is 1.00 e. The molecule has 0 saturated carbocycles. The van der Waals surface area contributed by atoms with Crippen LogP contribution in [0.5, 0.6) is 0 Å². The maximum absolute atomic E-state index is 5.34. The molecule has 0 unspecified atom stereocenters. The fourth-order valence-electron chi connectivity index (χ4n) is 0.722. The standard InChI is InChI=1S/C6H16N2.C2.2Li/c1-3-8(4-2)6-5-7;1-2;;/h3-7H2,1-2H3;;;/q;-2;2*+1. The molecule has 0 heterocycles. The molecule has 4 heteroatoms. The Morgan fingerprint density at radius 2 is 1.42 bits per heavy atom. The third-order valence-corrected chi connectivity index (χ3v) is 1.34. The molecule has 12 heavy (non-hydrogen) atoms. The van der Waals surface area contributed by atoms with Crippen molar-refractivity contribution in [3.8, 4) is 0 Å². The van der Waals surface area contributed by atoms with Gasteiger partial charge in [-0.25, -0.2) is 0 Å². The van der Waals surface area contributed by atoms with Crippen molar-refractivity contribution in [3.05, 3.63) is 12.8 Å². The van der Waals surface area contributed by atoms with E-state index in [0.717, 1.165) is 26.2 Å². The summed E-state index contributed by atoms with van der Waals surface area (Å²) in [5.41, 5.74) is 5.34. The average molecular weight is 154 g/mol. The van der Waals surface area contributed by atoms with Crippen molar-refractivity contribution in [2.24, 2.45) is 5.73 Å². The van der Waals surface area contributed by atoms with Gasteiger partial charge < -0.3 is 23.5 Å². The summed E-state index contributed by atoms with van der Waals surface area (Å²) < 4.78 is 0. The molecule has 2 nitrogen and oxygen atoms in total. The molecule has 0 aliphatic carbocycles. The smallest absolute Gasteiger partial charge is 1.00 e. The van der Waals surface area contributed by atoms with Crippen LogP contribution in [0.25, 0.3) is 0 Å². The van der Waals surface area contributed by atoms with Gasteiger partial charge in [-0.05, 0) is 13.1 Å². The second kappa shape index (κ2) is 22.6. The van der Waals surface area contributed by atoms with E-state index in [0.29, 0.717) is 0 Å². The zero-order chi connectivity index (χ0) is 8.41. The monoisotopic (exact) mass is 154 g/mol. The SMILES string of the molecule is CCN(CC)CCN.[C-]#[C-].[Li+].[Li+]. The van der Waals surface area contributed by atoms with E-state index in [1.54, 1.807) is 0 Å². The zero-order valence-corrected chi connectivity index (χ0v) is 8.85. The number of nitrogens with two attached hydrogens (primary N) is 1. The Balaban J connectivity index is -0.0000000740.